The van der Waals surface area contributed by atoms with Crippen molar-refractivity contribution in [2.45, 2.75) is 19.4 Å². The van der Waals surface area contributed by atoms with Crippen LogP contribution in [0, 0.1) is 5.92 Å². The van der Waals surface area contributed by atoms with E-state index in [2.05, 4.69) is 15.3 Å². The van der Waals surface area contributed by atoms with E-state index >= 15 is 0 Å². The van der Waals surface area contributed by atoms with Crippen LogP contribution in [0.2, 0.25) is 5.02 Å². The summed E-state index contributed by atoms with van der Waals surface area (Å²) in [7, 11) is 1.98. The maximum Gasteiger partial charge on any atom is 0.253 e. The molecule has 3 aromatic rings. The quantitative estimate of drug-likeness (QED) is 0.692. The Bertz CT molecular complexity index is 955. The Morgan fingerprint density at radius 2 is 2.00 bits per heavy atom. The van der Waals surface area contributed by atoms with E-state index in [1.54, 1.807) is 6.20 Å². The molecule has 0 unspecified atom stereocenters. The first-order chi connectivity index (χ1) is 13.6. The molecule has 28 heavy (non-hydrogen) atoms. The Kier molecular flexibility index (Phi) is 5.69. The van der Waals surface area contributed by atoms with Crippen molar-refractivity contribution in [3.8, 4) is 0 Å². The molecule has 1 aliphatic rings. The fourth-order valence-electron chi connectivity index (χ4n) is 3.97. The number of fused-ring (bicyclic) bond motifs is 1. The summed E-state index contributed by atoms with van der Waals surface area (Å²) < 4.78 is 3.90. The minimum Gasteiger partial charge on any atom is -0.352 e. The predicted octanol–water partition coefficient (Wildman–Crippen LogP) is 3.17. The molecule has 1 aliphatic heterocycles. The van der Waals surface area contributed by atoms with Crippen molar-refractivity contribution in [2.75, 3.05) is 26.2 Å². The summed E-state index contributed by atoms with van der Waals surface area (Å²) in [6, 6.07) is 8.03. The molecule has 1 aromatic carbocycles. The van der Waals surface area contributed by atoms with Crippen LogP contribution in [0.25, 0.3) is 10.9 Å². The van der Waals surface area contributed by atoms with Crippen molar-refractivity contribution in [1.82, 2.24) is 24.6 Å². The number of hydrogen-bond donors (Lipinski definition) is 1. The molecular formula is C21H26ClN5O. The molecule has 0 aliphatic carbocycles. The second kappa shape index (κ2) is 8.37. The summed E-state index contributed by atoms with van der Waals surface area (Å²) in [6.07, 6.45) is 7.67. The number of carbonyl (C=O) groups excluding carboxylic acids is 1. The van der Waals surface area contributed by atoms with Crippen LogP contribution in [-0.4, -0.2) is 51.3 Å². The number of piperidine rings is 1. The van der Waals surface area contributed by atoms with Crippen molar-refractivity contribution in [3.05, 3.63) is 53.4 Å². The lowest BCUT2D eigenvalue weighted by molar-refractivity contribution is 0.0937. The Morgan fingerprint density at radius 3 is 2.75 bits per heavy atom. The van der Waals surface area contributed by atoms with Gasteiger partial charge in [0.05, 0.1) is 23.3 Å². The van der Waals surface area contributed by atoms with E-state index in [4.69, 9.17) is 11.6 Å². The Hall–Kier alpha value is -2.31. The number of rotatable bonds is 6. The van der Waals surface area contributed by atoms with Crippen LogP contribution in [0.3, 0.4) is 0 Å². The van der Waals surface area contributed by atoms with Gasteiger partial charge in [-0.3, -0.25) is 9.48 Å². The normalized spacial score (nSPS) is 15.9. The molecule has 0 saturated carbocycles. The molecular weight excluding hydrogens is 374 g/mol. The highest BCUT2D eigenvalue weighted by Gasteiger charge is 2.21. The molecule has 0 radical (unpaired) electrons. The minimum absolute atomic E-state index is 0.0230. The summed E-state index contributed by atoms with van der Waals surface area (Å²) in [5.74, 6) is 0.559. The average Bonchev–Trinajstić information content (AvgIpc) is 3.29. The zero-order chi connectivity index (χ0) is 19.5. The van der Waals surface area contributed by atoms with Gasteiger partial charge in [-0.1, -0.05) is 29.8 Å². The van der Waals surface area contributed by atoms with E-state index in [0.717, 1.165) is 62.0 Å². The molecule has 1 fully saturated rings. The molecule has 1 amide bonds. The first kappa shape index (κ1) is 19.0. The molecule has 7 heteroatoms. The maximum absolute atomic E-state index is 12.7. The van der Waals surface area contributed by atoms with Gasteiger partial charge in [0.1, 0.15) is 0 Å². The van der Waals surface area contributed by atoms with Gasteiger partial charge in [-0.15, -0.1) is 0 Å². The summed E-state index contributed by atoms with van der Waals surface area (Å²) in [5, 5.41) is 9.07. The van der Waals surface area contributed by atoms with Gasteiger partial charge < -0.3 is 14.8 Å². The van der Waals surface area contributed by atoms with Gasteiger partial charge in [-0.05, 0) is 37.9 Å². The zero-order valence-electron chi connectivity index (χ0n) is 16.1. The molecule has 3 heterocycles. The third-order valence-corrected chi connectivity index (χ3v) is 5.84. The van der Waals surface area contributed by atoms with Crippen LogP contribution >= 0.6 is 11.6 Å². The number of aryl methyl sites for hydroxylation is 1. The van der Waals surface area contributed by atoms with Crippen molar-refractivity contribution in [3.63, 3.8) is 0 Å². The Morgan fingerprint density at radius 1 is 1.21 bits per heavy atom. The highest BCUT2D eigenvalue weighted by molar-refractivity contribution is 6.30. The number of nitrogens with one attached hydrogen (secondary N) is 1. The minimum atomic E-state index is 0.0230. The van der Waals surface area contributed by atoms with Crippen LogP contribution in [0.1, 0.15) is 23.2 Å². The smallest absolute Gasteiger partial charge is 0.253 e. The number of halogens is 1. The van der Waals surface area contributed by atoms with E-state index in [-0.39, 0.29) is 5.91 Å². The van der Waals surface area contributed by atoms with Crippen LogP contribution in [0.15, 0.2) is 42.9 Å². The highest BCUT2D eigenvalue weighted by atomic mass is 35.5. The van der Waals surface area contributed by atoms with Crippen LogP contribution in [-0.2, 0) is 13.6 Å². The summed E-state index contributed by atoms with van der Waals surface area (Å²) >= 11 is 5.91. The Labute approximate surface area is 170 Å². The topological polar surface area (TPSA) is 55.1 Å². The number of likely N-dealkylation sites (tertiary alicyclic amines) is 1. The van der Waals surface area contributed by atoms with E-state index in [9.17, 15) is 4.79 Å². The third kappa shape index (κ3) is 4.23. The lowest BCUT2D eigenvalue weighted by Gasteiger charge is -2.31. The van der Waals surface area contributed by atoms with Gasteiger partial charge in [0, 0.05) is 43.4 Å². The number of benzene rings is 1. The first-order valence-corrected chi connectivity index (χ1v) is 10.2. The van der Waals surface area contributed by atoms with Gasteiger partial charge >= 0.3 is 0 Å². The zero-order valence-corrected chi connectivity index (χ0v) is 16.9. The lowest BCUT2D eigenvalue weighted by atomic mass is 9.96. The molecule has 0 bridgehead atoms. The number of carbonyl (C=O) groups is 1. The molecule has 1 saturated heterocycles. The monoisotopic (exact) mass is 399 g/mol. The second-order valence-corrected chi connectivity index (χ2v) is 8.02. The summed E-state index contributed by atoms with van der Waals surface area (Å²) in [6.45, 7) is 4.70. The number of nitrogens with zero attached hydrogens (tertiary/aromatic N) is 4. The predicted molar refractivity (Wildman–Crippen MR) is 112 cm³/mol. The summed E-state index contributed by atoms with van der Waals surface area (Å²) in [5.41, 5.74) is 1.84. The van der Waals surface area contributed by atoms with Gasteiger partial charge in [0.15, 0.2) is 0 Å². The fourth-order valence-corrected chi connectivity index (χ4v) is 4.13. The van der Waals surface area contributed by atoms with Crippen molar-refractivity contribution < 1.29 is 4.79 Å². The van der Waals surface area contributed by atoms with Crippen LogP contribution in [0.4, 0.5) is 0 Å². The van der Waals surface area contributed by atoms with E-state index in [1.165, 1.54) is 0 Å². The first-order valence-electron chi connectivity index (χ1n) is 9.83. The molecule has 0 spiro atoms. The molecule has 0 atom stereocenters. The molecule has 2 aromatic heterocycles. The number of para-hydroxylation sites is 1. The van der Waals surface area contributed by atoms with Gasteiger partial charge in [-0.2, -0.15) is 5.10 Å². The van der Waals surface area contributed by atoms with E-state index in [1.807, 2.05) is 53.0 Å². The Balaban J connectivity index is 1.24. The van der Waals surface area contributed by atoms with Gasteiger partial charge in [-0.25, -0.2) is 0 Å². The van der Waals surface area contributed by atoms with Crippen LogP contribution in [0.5, 0.6) is 0 Å². The van der Waals surface area contributed by atoms with E-state index < -0.39 is 0 Å². The third-order valence-electron chi connectivity index (χ3n) is 5.65. The maximum atomic E-state index is 12.7. The SMILES string of the molecule is Cn1cc(C(=O)NCC2CCN(CCn3cc(Cl)cn3)CC2)c2ccccc21. The van der Waals surface area contributed by atoms with Crippen LogP contribution < -0.4 is 5.32 Å². The molecule has 4 rings (SSSR count). The van der Waals surface area contributed by atoms with Gasteiger partial charge in [0.2, 0.25) is 0 Å². The fraction of sp³-hybridized carbons (Fsp3) is 0.429. The molecule has 1 N–H and O–H groups in total. The molecule has 148 valence electrons. The molecule has 6 nitrogen and oxygen atoms in total. The second-order valence-electron chi connectivity index (χ2n) is 7.59. The number of hydrogen-bond acceptors (Lipinski definition) is 3. The standard InChI is InChI=1S/C21H26ClN5O/c1-25-15-19(18-4-2-3-5-20(18)25)21(28)23-12-16-6-8-26(9-7-16)10-11-27-14-17(22)13-24-27/h2-5,13-16H,6-12H2,1H3,(H,23,28). The number of aromatic nitrogens is 3. The summed E-state index contributed by atoms with van der Waals surface area (Å²) in [4.78, 5) is 15.1. The van der Waals surface area contributed by atoms with E-state index in [0.29, 0.717) is 10.9 Å². The number of amides is 1. The highest BCUT2D eigenvalue weighted by Crippen LogP contribution is 2.21. The average molecular weight is 400 g/mol. The van der Waals surface area contributed by atoms with Crippen molar-refractivity contribution in [1.29, 1.82) is 0 Å². The van der Waals surface area contributed by atoms with Crippen molar-refractivity contribution >= 4 is 28.4 Å². The van der Waals surface area contributed by atoms with Gasteiger partial charge in [0.25, 0.3) is 5.91 Å². The van der Waals surface area contributed by atoms with Crippen molar-refractivity contribution in [2.24, 2.45) is 13.0 Å². The largest absolute Gasteiger partial charge is 0.352 e. The lowest BCUT2D eigenvalue weighted by Crippen LogP contribution is -2.39.